The van der Waals surface area contributed by atoms with Gasteiger partial charge in [0.25, 0.3) is 0 Å². The summed E-state index contributed by atoms with van der Waals surface area (Å²) in [6.07, 6.45) is 4.42. The molecular formula is C64H60N2Si2. The smallest absolute Gasteiger partial charge is 0.0579 e. The Hall–Kier alpha value is -7.25. The maximum Gasteiger partial charge on any atom is 0.0579 e. The van der Waals surface area contributed by atoms with Gasteiger partial charge in [-0.25, -0.2) is 0 Å². The number of allylic oxidation sites excluding steroid dienone is 1. The molecule has 0 amide bonds. The van der Waals surface area contributed by atoms with Gasteiger partial charge in [-0.3, -0.25) is 0 Å². The summed E-state index contributed by atoms with van der Waals surface area (Å²) in [6.45, 7) is 22.6. The first-order chi connectivity index (χ1) is 32.9. The lowest BCUT2D eigenvalue weighted by Gasteiger charge is -2.51. The Morgan fingerprint density at radius 3 is 1.49 bits per heavy atom. The average molecular weight is 913 g/mol. The van der Waals surface area contributed by atoms with Gasteiger partial charge in [0.15, 0.2) is 0 Å². The fourth-order valence-electron chi connectivity index (χ4n) is 11.8. The van der Waals surface area contributed by atoms with E-state index in [0.29, 0.717) is 0 Å². The predicted octanol–water partition coefficient (Wildman–Crippen LogP) is 18.3. The lowest BCUT2D eigenvalue weighted by atomic mass is 9.93. The summed E-state index contributed by atoms with van der Waals surface area (Å²) in [5.74, 6) is 0. The minimum absolute atomic E-state index is 0.144. The zero-order chi connectivity index (χ0) is 47.2. The number of hydrogen-bond donors (Lipinski definition) is 0. The number of para-hydroxylation sites is 4. The van der Waals surface area contributed by atoms with Crippen LogP contribution in [-0.4, -0.2) is 16.1 Å². The van der Waals surface area contributed by atoms with E-state index in [1.165, 1.54) is 72.1 Å². The fourth-order valence-corrected chi connectivity index (χ4v) is 24.9. The lowest BCUT2D eigenvalue weighted by Crippen LogP contribution is -2.63. The van der Waals surface area contributed by atoms with Crippen molar-refractivity contribution in [2.45, 2.75) is 50.9 Å². The predicted molar refractivity (Wildman–Crippen MR) is 300 cm³/mol. The van der Waals surface area contributed by atoms with Gasteiger partial charge in [-0.15, -0.1) is 0 Å². The molecule has 1 aliphatic rings. The molecule has 0 saturated carbocycles. The Labute approximate surface area is 406 Å². The summed E-state index contributed by atoms with van der Waals surface area (Å²) in [7, 11) is -4.30. The molecule has 0 bridgehead atoms. The zero-order valence-electron chi connectivity index (χ0n) is 40.5. The van der Waals surface area contributed by atoms with Crippen LogP contribution in [-0.2, 0) is 4.66 Å². The van der Waals surface area contributed by atoms with Crippen LogP contribution in [0.4, 0.5) is 28.4 Å². The summed E-state index contributed by atoms with van der Waals surface area (Å²) in [4.78, 5) is 4.92. The molecule has 0 unspecified atom stereocenters. The molecule has 0 atom stereocenters. The Bertz CT molecular complexity index is 3310. The molecule has 4 heteroatoms. The normalized spacial score (nSPS) is 13.2. The topological polar surface area (TPSA) is 6.48 Å². The Morgan fingerprint density at radius 1 is 0.456 bits per heavy atom. The molecule has 2 nitrogen and oxygen atoms in total. The first-order valence-electron chi connectivity index (χ1n) is 24.0. The molecule has 334 valence electrons. The summed E-state index contributed by atoms with van der Waals surface area (Å²) in [5.41, 5.74) is 19.7. The Balaban J connectivity index is 1.24. The van der Waals surface area contributed by atoms with Gasteiger partial charge in [-0.2, -0.15) is 0 Å². The molecule has 0 aromatic heterocycles. The highest BCUT2D eigenvalue weighted by atomic mass is 28.4. The molecule has 0 aliphatic heterocycles. The van der Waals surface area contributed by atoms with E-state index in [9.17, 15) is 0 Å². The minimum atomic E-state index is -2.15. The van der Waals surface area contributed by atoms with Crippen molar-refractivity contribution in [2.75, 3.05) is 9.80 Å². The maximum absolute atomic E-state index is 4.51. The molecule has 0 saturated heterocycles. The fraction of sp³-hybridized carbons (Fsp3) is 0.125. The first kappa shape index (κ1) is 44.6. The van der Waals surface area contributed by atoms with Crippen LogP contribution in [0.5, 0.6) is 0 Å². The molecule has 68 heavy (non-hydrogen) atoms. The molecule has 1 aliphatic carbocycles. The third-order valence-corrected chi connectivity index (χ3v) is 24.3. The molecule has 0 fully saturated rings. The number of rotatable bonds is 12. The van der Waals surface area contributed by atoms with Crippen LogP contribution in [0.1, 0.15) is 22.3 Å². The largest absolute Gasteiger partial charge is 0.310 e. The van der Waals surface area contributed by atoms with Crippen LogP contribution in [0.3, 0.4) is 0 Å². The summed E-state index contributed by atoms with van der Waals surface area (Å²) in [6, 6.07) is 77.9. The highest BCUT2D eigenvalue weighted by molar-refractivity contribution is 6.99. The Kier molecular flexibility index (Phi) is 11.6. The van der Waals surface area contributed by atoms with Crippen molar-refractivity contribution in [1.82, 2.24) is 0 Å². The van der Waals surface area contributed by atoms with Crippen LogP contribution >= 0.6 is 0 Å². The highest BCUT2D eigenvalue weighted by Gasteiger charge is 2.59. The van der Waals surface area contributed by atoms with Crippen molar-refractivity contribution in [3.8, 4) is 33.4 Å². The van der Waals surface area contributed by atoms with E-state index >= 15 is 0 Å². The van der Waals surface area contributed by atoms with E-state index < -0.39 is 16.1 Å². The van der Waals surface area contributed by atoms with Crippen molar-refractivity contribution in [2.24, 2.45) is 0 Å². The van der Waals surface area contributed by atoms with Crippen molar-refractivity contribution in [3.05, 3.63) is 253 Å². The standard InChI is InChI=1S/C64H60N2Si2/c1-9-50(65(51-32-18-12-19-33-51)60-40-26-24-36-53(60)47-28-14-10-15-29-47)43-49-44-58-57(42-46(49)2)63-56-39-23-22-38-55(56)62(45-59(63)64(58,67(3,4)5)68(6,7)8)66(52-34-20-13-21-35-52)61-41-27-25-37-54(61)48-30-16-11-17-31-48/h9-45H,1H2,2-8H3/b50-43+. The van der Waals surface area contributed by atoms with Gasteiger partial charge >= 0.3 is 0 Å². The van der Waals surface area contributed by atoms with Gasteiger partial charge in [0, 0.05) is 38.2 Å². The second-order valence-electron chi connectivity index (χ2n) is 20.2. The number of nitrogens with zero attached hydrogens (tertiary/aromatic N) is 2. The van der Waals surface area contributed by atoms with E-state index in [1.54, 1.807) is 0 Å². The number of fused-ring (bicyclic) bond motifs is 5. The summed E-state index contributed by atoms with van der Waals surface area (Å²) < 4.78 is -0.144. The second kappa shape index (κ2) is 17.8. The monoisotopic (exact) mass is 912 g/mol. The van der Waals surface area contributed by atoms with Gasteiger partial charge in [0.05, 0.1) is 33.2 Å². The number of hydrogen-bond acceptors (Lipinski definition) is 2. The molecule has 10 rings (SSSR count). The van der Waals surface area contributed by atoms with E-state index in [2.05, 4.69) is 281 Å². The van der Waals surface area contributed by atoms with Crippen molar-refractivity contribution in [1.29, 1.82) is 0 Å². The average Bonchev–Trinajstić information content (AvgIpc) is 3.66. The SMILES string of the molecule is C=C/C(=C\c1cc2c(cc1C)-c1c(cc(N(c3ccccc3)c3ccccc3-c3ccccc3)c3ccccc13)C2([Si](C)(C)C)[Si](C)(C)C)N(c1ccccc1)c1ccccc1-c1ccccc1. The van der Waals surface area contributed by atoms with Crippen LogP contribution in [0.25, 0.3) is 50.2 Å². The third-order valence-electron chi connectivity index (χ3n) is 14.3. The number of anilines is 5. The maximum atomic E-state index is 4.51. The first-order valence-corrected chi connectivity index (χ1v) is 31.0. The van der Waals surface area contributed by atoms with E-state index in [-0.39, 0.29) is 4.66 Å². The molecule has 0 heterocycles. The lowest BCUT2D eigenvalue weighted by molar-refractivity contribution is 0.951. The zero-order valence-corrected chi connectivity index (χ0v) is 42.5. The van der Waals surface area contributed by atoms with Gasteiger partial charge in [-0.05, 0) is 111 Å². The van der Waals surface area contributed by atoms with Crippen molar-refractivity contribution >= 4 is 61.4 Å². The molecule has 9 aromatic carbocycles. The molecule has 0 spiro atoms. The van der Waals surface area contributed by atoms with Crippen molar-refractivity contribution < 1.29 is 0 Å². The van der Waals surface area contributed by atoms with Crippen LogP contribution in [0.2, 0.25) is 39.3 Å². The Morgan fingerprint density at radius 2 is 0.926 bits per heavy atom. The minimum Gasteiger partial charge on any atom is -0.310 e. The highest BCUT2D eigenvalue weighted by Crippen LogP contribution is 2.62. The van der Waals surface area contributed by atoms with Crippen LogP contribution in [0, 0.1) is 6.92 Å². The van der Waals surface area contributed by atoms with Crippen molar-refractivity contribution in [3.63, 3.8) is 0 Å². The molecule has 0 radical (unpaired) electrons. The quantitative estimate of drug-likeness (QED) is 0.0890. The van der Waals surface area contributed by atoms with E-state index in [4.69, 9.17) is 0 Å². The van der Waals surface area contributed by atoms with E-state index in [1.807, 2.05) is 6.08 Å². The molecule has 0 N–H and O–H groups in total. The van der Waals surface area contributed by atoms with E-state index in [0.717, 1.165) is 28.4 Å². The van der Waals surface area contributed by atoms with Gasteiger partial charge in [0.2, 0.25) is 0 Å². The number of aryl methyl sites for hydroxylation is 1. The van der Waals surface area contributed by atoms with Gasteiger partial charge < -0.3 is 9.80 Å². The van der Waals surface area contributed by atoms with Gasteiger partial charge in [-0.1, -0.05) is 216 Å². The third kappa shape index (κ3) is 7.49. The molecular weight excluding hydrogens is 853 g/mol. The summed E-state index contributed by atoms with van der Waals surface area (Å²) >= 11 is 0. The van der Waals surface area contributed by atoms with Gasteiger partial charge in [0.1, 0.15) is 0 Å². The number of benzene rings is 9. The van der Waals surface area contributed by atoms with Crippen LogP contribution < -0.4 is 9.80 Å². The van der Waals surface area contributed by atoms with Crippen LogP contribution in [0.15, 0.2) is 231 Å². The summed E-state index contributed by atoms with van der Waals surface area (Å²) in [5, 5.41) is 2.55. The molecule has 9 aromatic rings. The second-order valence-corrected chi connectivity index (χ2v) is 31.2.